The van der Waals surface area contributed by atoms with Crippen LogP contribution < -0.4 is 5.32 Å². The van der Waals surface area contributed by atoms with E-state index in [0.29, 0.717) is 11.5 Å². The summed E-state index contributed by atoms with van der Waals surface area (Å²) in [6.07, 6.45) is 3.54. The average Bonchev–Trinajstić information content (AvgIpc) is 3.41. The molecule has 1 spiro atoms. The maximum absolute atomic E-state index is 5.69. The van der Waals surface area contributed by atoms with E-state index in [1.807, 2.05) is 0 Å². The van der Waals surface area contributed by atoms with Gasteiger partial charge >= 0.3 is 0 Å². The highest BCUT2D eigenvalue weighted by atomic mass is 16.5. The van der Waals surface area contributed by atoms with Crippen LogP contribution in [0.3, 0.4) is 0 Å². The number of nitrogens with one attached hydrogen (secondary N) is 1. The Morgan fingerprint density at radius 1 is 1.20 bits per heavy atom. The minimum absolute atomic E-state index is 0.374. The first-order valence-corrected chi connectivity index (χ1v) is 11.8. The summed E-state index contributed by atoms with van der Waals surface area (Å²) in [6, 6.07) is 11.5. The Bertz CT molecular complexity index is 688. The fraction of sp³-hybridized carbons (Fsp3) is 0.708. The minimum atomic E-state index is 0.374. The highest BCUT2D eigenvalue weighted by Gasteiger charge is 2.42. The molecular weight excluding hydrogens is 374 g/mol. The van der Waals surface area contributed by atoms with Crippen LogP contribution in [0.4, 0.5) is 0 Å². The van der Waals surface area contributed by atoms with Crippen LogP contribution in [0.1, 0.15) is 37.8 Å². The Hall–Kier alpha value is -1.63. The molecular formula is C24H39N5O. The van der Waals surface area contributed by atoms with Crippen LogP contribution in [0.15, 0.2) is 35.3 Å². The van der Waals surface area contributed by atoms with Crippen molar-refractivity contribution in [2.75, 3.05) is 72.6 Å². The van der Waals surface area contributed by atoms with Gasteiger partial charge in [0, 0.05) is 70.4 Å². The van der Waals surface area contributed by atoms with Crippen LogP contribution >= 0.6 is 0 Å². The number of hydrogen-bond acceptors (Lipinski definition) is 4. The standard InChI is InChI=1S/C24H39N5O/c1-3-25-23(29-14-10-24(19-29)11-17-30-20-24)26-12-7-13-28-16-15-27(2)18-22(28)21-8-5-4-6-9-21/h4-6,8-9,22H,3,7,10-20H2,1-2H3,(H,25,26). The maximum atomic E-state index is 5.69. The molecule has 30 heavy (non-hydrogen) atoms. The Balaban J connectivity index is 1.32. The van der Waals surface area contributed by atoms with E-state index in [4.69, 9.17) is 9.73 Å². The van der Waals surface area contributed by atoms with Crippen molar-refractivity contribution in [2.45, 2.75) is 32.2 Å². The first-order chi connectivity index (χ1) is 14.7. The van der Waals surface area contributed by atoms with Gasteiger partial charge in [-0.15, -0.1) is 0 Å². The maximum Gasteiger partial charge on any atom is 0.193 e. The van der Waals surface area contributed by atoms with Crippen molar-refractivity contribution < 1.29 is 4.74 Å². The van der Waals surface area contributed by atoms with Gasteiger partial charge in [0.15, 0.2) is 5.96 Å². The number of piperazine rings is 1. The normalized spacial score (nSPS) is 28.5. The fourth-order valence-corrected chi connectivity index (χ4v) is 5.19. The van der Waals surface area contributed by atoms with Crippen LogP contribution in [0.25, 0.3) is 0 Å². The Kier molecular flexibility index (Phi) is 7.28. The monoisotopic (exact) mass is 413 g/mol. The van der Waals surface area contributed by atoms with Crippen LogP contribution in [-0.4, -0.2) is 93.3 Å². The van der Waals surface area contributed by atoms with Crippen molar-refractivity contribution in [3.63, 3.8) is 0 Å². The second kappa shape index (κ2) is 10.1. The molecule has 0 radical (unpaired) electrons. The van der Waals surface area contributed by atoms with Crippen LogP contribution in [0, 0.1) is 5.41 Å². The van der Waals surface area contributed by atoms with Crippen molar-refractivity contribution in [1.82, 2.24) is 20.0 Å². The van der Waals surface area contributed by atoms with Gasteiger partial charge in [-0.25, -0.2) is 0 Å². The summed E-state index contributed by atoms with van der Waals surface area (Å²) in [5.74, 6) is 1.10. The number of nitrogens with zero attached hydrogens (tertiary/aromatic N) is 4. The second-order valence-corrected chi connectivity index (χ2v) is 9.29. The lowest BCUT2D eigenvalue weighted by molar-refractivity contribution is 0.0894. The number of likely N-dealkylation sites (N-methyl/N-ethyl adjacent to an activating group) is 1. The number of guanidine groups is 1. The number of rotatable bonds is 6. The molecule has 3 aliphatic heterocycles. The summed E-state index contributed by atoms with van der Waals surface area (Å²) in [4.78, 5) is 12.6. The SMILES string of the molecule is CCNC(=NCCCN1CCN(C)CC1c1ccccc1)N1CCC2(CCOC2)C1. The molecule has 1 aromatic carbocycles. The average molecular weight is 414 g/mol. The van der Waals surface area contributed by atoms with Gasteiger partial charge in [0.05, 0.1) is 6.61 Å². The molecule has 1 aromatic rings. The molecule has 3 fully saturated rings. The number of hydrogen-bond donors (Lipinski definition) is 1. The van der Waals surface area contributed by atoms with Gasteiger partial charge in [-0.05, 0) is 38.8 Å². The number of likely N-dealkylation sites (tertiary alicyclic amines) is 1. The summed E-state index contributed by atoms with van der Waals surface area (Å²) < 4.78 is 5.69. The van der Waals surface area contributed by atoms with Gasteiger partial charge < -0.3 is 19.9 Å². The van der Waals surface area contributed by atoms with Gasteiger partial charge in [0.1, 0.15) is 0 Å². The Labute approximate surface area is 182 Å². The van der Waals surface area contributed by atoms with E-state index < -0.39 is 0 Å². The van der Waals surface area contributed by atoms with Crippen molar-refractivity contribution >= 4 is 5.96 Å². The number of ether oxygens (including phenoxy) is 1. The highest BCUT2D eigenvalue weighted by Crippen LogP contribution is 2.38. The predicted octanol–water partition coefficient (Wildman–Crippen LogP) is 2.44. The van der Waals surface area contributed by atoms with Gasteiger partial charge in [0.25, 0.3) is 0 Å². The van der Waals surface area contributed by atoms with E-state index in [9.17, 15) is 0 Å². The molecule has 4 rings (SSSR count). The smallest absolute Gasteiger partial charge is 0.193 e. The van der Waals surface area contributed by atoms with E-state index in [0.717, 1.165) is 78.0 Å². The van der Waals surface area contributed by atoms with E-state index in [1.54, 1.807) is 0 Å². The first kappa shape index (κ1) is 21.6. The van der Waals surface area contributed by atoms with Gasteiger partial charge in [0.2, 0.25) is 0 Å². The van der Waals surface area contributed by atoms with Crippen molar-refractivity contribution in [3.05, 3.63) is 35.9 Å². The van der Waals surface area contributed by atoms with E-state index in [-0.39, 0.29) is 0 Å². The lowest BCUT2D eigenvalue weighted by Gasteiger charge is -2.40. The van der Waals surface area contributed by atoms with E-state index in [1.165, 1.54) is 18.4 Å². The molecule has 6 heteroatoms. The van der Waals surface area contributed by atoms with Crippen LogP contribution in [0.2, 0.25) is 0 Å². The summed E-state index contributed by atoms with van der Waals surface area (Å²) in [5, 5.41) is 3.52. The molecule has 0 bridgehead atoms. The lowest BCUT2D eigenvalue weighted by Crippen LogP contribution is -2.47. The third kappa shape index (κ3) is 5.16. The molecule has 0 aromatic heterocycles. The lowest BCUT2D eigenvalue weighted by atomic mass is 9.87. The van der Waals surface area contributed by atoms with Crippen molar-refractivity contribution in [1.29, 1.82) is 0 Å². The molecule has 0 aliphatic carbocycles. The molecule has 0 saturated carbocycles. The highest BCUT2D eigenvalue weighted by molar-refractivity contribution is 5.80. The van der Waals surface area contributed by atoms with E-state index >= 15 is 0 Å². The molecule has 1 N–H and O–H groups in total. The Morgan fingerprint density at radius 3 is 2.83 bits per heavy atom. The first-order valence-electron chi connectivity index (χ1n) is 11.8. The second-order valence-electron chi connectivity index (χ2n) is 9.29. The summed E-state index contributed by atoms with van der Waals surface area (Å²) in [6.45, 7) is 12.5. The number of aliphatic imine (C=N–C) groups is 1. The zero-order chi connectivity index (χ0) is 20.8. The van der Waals surface area contributed by atoms with Gasteiger partial charge in [-0.1, -0.05) is 30.3 Å². The third-order valence-corrected chi connectivity index (χ3v) is 7.00. The third-order valence-electron chi connectivity index (χ3n) is 7.00. The molecule has 3 heterocycles. The van der Waals surface area contributed by atoms with Crippen LogP contribution in [0.5, 0.6) is 0 Å². The van der Waals surface area contributed by atoms with Crippen molar-refractivity contribution in [3.8, 4) is 0 Å². The molecule has 2 unspecified atom stereocenters. The summed E-state index contributed by atoms with van der Waals surface area (Å²) in [5.41, 5.74) is 1.81. The molecule has 2 atom stereocenters. The molecule has 6 nitrogen and oxygen atoms in total. The van der Waals surface area contributed by atoms with E-state index in [2.05, 4.69) is 64.3 Å². The van der Waals surface area contributed by atoms with Crippen LogP contribution in [-0.2, 0) is 4.74 Å². The summed E-state index contributed by atoms with van der Waals surface area (Å²) in [7, 11) is 2.23. The number of benzene rings is 1. The fourth-order valence-electron chi connectivity index (χ4n) is 5.19. The van der Waals surface area contributed by atoms with Crippen molar-refractivity contribution in [2.24, 2.45) is 10.4 Å². The van der Waals surface area contributed by atoms with Gasteiger partial charge in [-0.2, -0.15) is 0 Å². The molecule has 166 valence electrons. The largest absolute Gasteiger partial charge is 0.381 e. The molecule has 0 amide bonds. The zero-order valence-electron chi connectivity index (χ0n) is 18.9. The summed E-state index contributed by atoms with van der Waals surface area (Å²) >= 11 is 0. The predicted molar refractivity (Wildman–Crippen MR) is 123 cm³/mol. The zero-order valence-corrected chi connectivity index (χ0v) is 18.9. The molecule has 3 saturated heterocycles. The quantitative estimate of drug-likeness (QED) is 0.441. The van der Waals surface area contributed by atoms with Gasteiger partial charge in [-0.3, -0.25) is 9.89 Å². The molecule has 3 aliphatic rings. The minimum Gasteiger partial charge on any atom is -0.381 e. The Morgan fingerprint density at radius 2 is 2.07 bits per heavy atom. The topological polar surface area (TPSA) is 43.3 Å².